The highest BCUT2D eigenvalue weighted by atomic mass is 32.1. The lowest BCUT2D eigenvalue weighted by Crippen LogP contribution is -2.36. The van der Waals surface area contributed by atoms with Crippen molar-refractivity contribution in [2.75, 3.05) is 14.2 Å². The summed E-state index contributed by atoms with van der Waals surface area (Å²) in [7, 11) is 3.82. The smallest absolute Gasteiger partial charge is 0.125 e. The van der Waals surface area contributed by atoms with Crippen molar-refractivity contribution in [3.05, 3.63) is 16.1 Å². The van der Waals surface area contributed by atoms with Crippen molar-refractivity contribution in [1.82, 2.24) is 10.3 Å². The maximum Gasteiger partial charge on any atom is 0.125 e. The first-order valence-corrected chi connectivity index (χ1v) is 7.93. The Labute approximate surface area is 120 Å². The zero-order chi connectivity index (χ0) is 14.1. The van der Waals surface area contributed by atoms with Gasteiger partial charge in [-0.1, -0.05) is 13.8 Å². The van der Waals surface area contributed by atoms with Crippen LogP contribution in [-0.2, 0) is 10.3 Å². The molecule has 0 aliphatic heterocycles. The summed E-state index contributed by atoms with van der Waals surface area (Å²) in [5.74, 6) is 0. The van der Waals surface area contributed by atoms with E-state index in [4.69, 9.17) is 4.74 Å². The zero-order valence-electron chi connectivity index (χ0n) is 12.7. The molecule has 1 aromatic rings. The fraction of sp³-hybridized carbons (Fsp3) is 0.800. The summed E-state index contributed by atoms with van der Waals surface area (Å²) >= 11 is 1.80. The Kier molecular flexibility index (Phi) is 4.33. The molecule has 1 aliphatic carbocycles. The summed E-state index contributed by atoms with van der Waals surface area (Å²) in [6.45, 7) is 6.87. The van der Waals surface area contributed by atoms with Gasteiger partial charge in [-0.3, -0.25) is 0 Å². The first kappa shape index (κ1) is 14.9. The fourth-order valence-corrected chi connectivity index (χ4v) is 3.88. The van der Waals surface area contributed by atoms with Gasteiger partial charge in [0.05, 0.1) is 0 Å². The van der Waals surface area contributed by atoms with Gasteiger partial charge in [-0.15, -0.1) is 11.3 Å². The molecule has 0 radical (unpaired) electrons. The maximum absolute atomic E-state index is 5.91. The van der Waals surface area contributed by atoms with Crippen LogP contribution < -0.4 is 5.32 Å². The highest BCUT2D eigenvalue weighted by Crippen LogP contribution is 2.48. The van der Waals surface area contributed by atoms with Gasteiger partial charge in [-0.2, -0.15) is 0 Å². The van der Waals surface area contributed by atoms with Crippen LogP contribution in [0.15, 0.2) is 6.20 Å². The molecule has 1 heterocycles. The van der Waals surface area contributed by atoms with Crippen molar-refractivity contribution in [2.24, 2.45) is 5.41 Å². The minimum Gasteiger partial charge on any atom is -0.371 e. The Morgan fingerprint density at radius 1 is 1.32 bits per heavy atom. The predicted molar refractivity (Wildman–Crippen MR) is 80.5 cm³/mol. The van der Waals surface area contributed by atoms with Gasteiger partial charge in [0.2, 0.25) is 0 Å². The van der Waals surface area contributed by atoms with Crippen molar-refractivity contribution in [3.8, 4) is 0 Å². The van der Waals surface area contributed by atoms with Crippen molar-refractivity contribution in [2.45, 2.75) is 58.1 Å². The average Bonchev–Trinajstić information content (AvgIpc) is 2.89. The van der Waals surface area contributed by atoms with E-state index >= 15 is 0 Å². The lowest BCUT2D eigenvalue weighted by atomic mass is 9.71. The fourth-order valence-electron chi connectivity index (χ4n) is 2.68. The first-order valence-electron chi connectivity index (χ1n) is 7.11. The zero-order valence-corrected chi connectivity index (χ0v) is 13.6. The largest absolute Gasteiger partial charge is 0.371 e. The van der Waals surface area contributed by atoms with Crippen LogP contribution >= 0.6 is 11.3 Å². The SMILES string of the molecule is CNC(C)c1cnc(C2(OC)CCC(C)(C)CC2)s1. The highest BCUT2D eigenvalue weighted by molar-refractivity contribution is 7.11. The molecule has 0 aromatic carbocycles. The van der Waals surface area contributed by atoms with E-state index in [-0.39, 0.29) is 5.60 Å². The summed E-state index contributed by atoms with van der Waals surface area (Å²) in [5, 5.41) is 4.43. The standard InChI is InChI=1S/C15H26N2OS/c1-11(16-4)12-10-17-13(19-12)15(18-5)8-6-14(2,3)7-9-15/h10-11,16H,6-9H2,1-5H3. The molecule has 2 rings (SSSR count). The third kappa shape index (κ3) is 3.01. The Morgan fingerprint density at radius 3 is 2.47 bits per heavy atom. The monoisotopic (exact) mass is 282 g/mol. The van der Waals surface area contributed by atoms with Crippen LogP contribution in [0.1, 0.15) is 62.4 Å². The number of hydrogen-bond donors (Lipinski definition) is 1. The number of methoxy groups -OCH3 is 1. The molecule has 0 bridgehead atoms. The number of aromatic nitrogens is 1. The Balaban J connectivity index is 2.20. The maximum atomic E-state index is 5.91. The van der Waals surface area contributed by atoms with Crippen LogP contribution in [0.2, 0.25) is 0 Å². The van der Waals surface area contributed by atoms with Gasteiger partial charge in [-0.25, -0.2) is 4.98 Å². The van der Waals surface area contributed by atoms with Crippen LogP contribution in [0.3, 0.4) is 0 Å². The van der Waals surface area contributed by atoms with Gasteiger partial charge in [0.15, 0.2) is 0 Å². The van der Waals surface area contributed by atoms with Crippen LogP contribution in [0.4, 0.5) is 0 Å². The quantitative estimate of drug-likeness (QED) is 0.910. The summed E-state index contributed by atoms with van der Waals surface area (Å²) < 4.78 is 5.91. The number of thiazole rings is 1. The molecule has 108 valence electrons. The topological polar surface area (TPSA) is 34.2 Å². The van der Waals surface area contributed by atoms with Crippen LogP contribution in [0, 0.1) is 5.41 Å². The molecule has 1 fully saturated rings. The van der Waals surface area contributed by atoms with E-state index in [9.17, 15) is 0 Å². The van der Waals surface area contributed by atoms with E-state index in [0.29, 0.717) is 11.5 Å². The molecule has 1 saturated carbocycles. The molecule has 1 atom stereocenters. The molecule has 4 heteroatoms. The van der Waals surface area contributed by atoms with E-state index in [1.54, 1.807) is 11.3 Å². The summed E-state index contributed by atoms with van der Waals surface area (Å²) in [5.41, 5.74) is 0.298. The lowest BCUT2D eigenvalue weighted by molar-refractivity contribution is -0.0667. The molecular weight excluding hydrogens is 256 g/mol. The van der Waals surface area contributed by atoms with Gasteiger partial charge in [0.1, 0.15) is 10.6 Å². The number of ether oxygens (including phenoxy) is 1. The molecule has 1 aromatic heterocycles. The molecule has 19 heavy (non-hydrogen) atoms. The molecule has 0 amide bonds. The lowest BCUT2D eigenvalue weighted by Gasteiger charge is -2.41. The van der Waals surface area contributed by atoms with Crippen LogP contribution in [0.5, 0.6) is 0 Å². The van der Waals surface area contributed by atoms with E-state index in [1.807, 2.05) is 20.4 Å². The van der Waals surface area contributed by atoms with Crippen molar-refractivity contribution in [1.29, 1.82) is 0 Å². The Morgan fingerprint density at radius 2 is 1.95 bits per heavy atom. The summed E-state index contributed by atoms with van der Waals surface area (Å²) in [6.07, 6.45) is 6.57. The van der Waals surface area contributed by atoms with Crippen molar-refractivity contribution >= 4 is 11.3 Å². The second-order valence-electron chi connectivity index (χ2n) is 6.44. The van der Waals surface area contributed by atoms with E-state index in [1.165, 1.54) is 17.7 Å². The van der Waals surface area contributed by atoms with Gasteiger partial charge in [0.25, 0.3) is 0 Å². The molecule has 3 nitrogen and oxygen atoms in total. The third-order valence-electron chi connectivity index (χ3n) is 4.58. The second kappa shape index (κ2) is 5.51. The number of nitrogens with one attached hydrogen (secondary N) is 1. The molecule has 1 unspecified atom stereocenters. The molecule has 1 N–H and O–H groups in total. The minimum atomic E-state index is -0.147. The molecular formula is C15H26N2OS. The van der Waals surface area contributed by atoms with E-state index in [0.717, 1.165) is 17.8 Å². The molecule has 1 aliphatic rings. The van der Waals surface area contributed by atoms with Gasteiger partial charge >= 0.3 is 0 Å². The first-order chi connectivity index (χ1) is 8.92. The number of nitrogens with zero attached hydrogens (tertiary/aromatic N) is 1. The van der Waals surface area contributed by atoms with Crippen molar-refractivity contribution < 1.29 is 4.74 Å². The Hall–Kier alpha value is -0.450. The summed E-state index contributed by atoms with van der Waals surface area (Å²) in [6, 6.07) is 0.361. The normalized spacial score (nSPS) is 23.2. The molecule has 0 spiro atoms. The third-order valence-corrected chi connectivity index (χ3v) is 5.94. The molecule has 0 saturated heterocycles. The Bertz CT molecular complexity index is 418. The number of hydrogen-bond acceptors (Lipinski definition) is 4. The van der Waals surface area contributed by atoms with Gasteiger partial charge in [-0.05, 0) is 45.1 Å². The van der Waals surface area contributed by atoms with Crippen LogP contribution in [-0.4, -0.2) is 19.1 Å². The van der Waals surface area contributed by atoms with Crippen molar-refractivity contribution in [3.63, 3.8) is 0 Å². The van der Waals surface area contributed by atoms with E-state index < -0.39 is 0 Å². The van der Waals surface area contributed by atoms with E-state index in [2.05, 4.69) is 31.1 Å². The average molecular weight is 282 g/mol. The van der Waals surface area contributed by atoms with Crippen LogP contribution in [0.25, 0.3) is 0 Å². The summed E-state index contributed by atoms with van der Waals surface area (Å²) in [4.78, 5) is 5.94. The van der Waals surface area contributed by atoms with Gasteiger partial charge in [0, 0.05) is 24.2 Å². The second-order valence-corrected chi connectivity index (χ2v) is 7.50. The van der Waals surface area contributed by atoms with Gasteiger partial charge < -0.3 is 10.1 Å². The predicted octanol–water partition coefficient (Wildman–Crippen LogP) is 3.87. The minimum absolute atomic E-state index is 0.147. The number of rotatable bonds is 4. The highest BCUT2D eigenvalue weighted by Gasteiger charge is 2.42.